The van der Waals surface area contributed by atoms with Gasteiger partial charge in [0.05, 0.1) is 13.2 Å². The molecule has 4 heteroatoms. The Balaban J connectivity index is 2.01. The van der Waals surface area contributed by atoms with Crippen LogP contribution < -0.4 is 9.47 Å². The van der Waals surface area contributed by atoms with Crippen LogP contribution in [0.2, 0.25) is 0 Å². The van der Waals surface area contributed by atoms with Crippen molar-refractivity contribution in [2.75, 3.05) is 26.4 Å². The van der Waals surface area contributed by atoms with Gasteiger partial charge in [0.25, 0.3) is 0 Å². The molecule has 30 heavy (non-hydrogen) atoms. The zero-order valence-electron chi connectivity index (χ0n) is 18.8. The van der Waals surface area contributed by atoms with Crippen molar-refractivity contribution in [3.05, 3.63) is 58.7 Å². The molecule has 2 aromatic carbocycles. The number of aliphatic hydroxyl groups excluding tert-OH is 2. The van der Waals surface area contributed by atoms with Gasteiger partial charge in [-0.1, -0.05) is 38.1 Å². The Bertz CT molecular complexity index is 787. The second-order valence-electron chi connectivity index (χ2n) is 9.35. The van der Waals surface area contributed by atoms with Crippen LogP contribution in [0.1, 0.15) is 61.8 Å². The molecule has 0 heterocycles. The number of hydrogen-bond donors (Lipinski definition) is 2. The Hall–Kier alpha value is -2.04. The van der Waals surface area contributed by atoms with Crippen LogP contribution in [0.15, 0.2) is 36.4 Å². The molecule has 164 valence electrons. The molecule has 0 atom stereocenters. The van der Waals surface area contributed by atoms with E-state index in [-0.39, 0.29) is 18.6 Å². The van der Waals surface area contributed by atoms with Gasteiger partial charge in [0, 0.05) is 5.41 Å². The third kappa shape index (κ3) is 4.81. The van der Waals surface area contributed by atoms with Crippen molar-refractivity contribution < 1.29 is 19.7 Å². The van der Waals surface area contributed by atoms with E-state index in [9.17, 15) is 0 Å². The fourth-order valence-electron chi connectivity index (χ4n) is 4.63. The lowest BCUT2D eigenvalue weighted by Crippen LogP contribution is -2.36. The Kier molecular flexibility index (Phi) is 7.10. The van der Waals surface area contributed by atoms with E-state index < -0.39 is 0 Å². The van der Waals surface area contributed by atoms with Crippen LogP contribution in [0.4, 0.5) is 0 Å². The molecule has 0 radical (unpaired) electrons. The first kappa shape index (κ1) is 22.6. The third-order valence-corrected chi connectivity index (χ3v) is 6.61. The molecule has 3 rings (SSSR count). The van der Waals surface area contributed by atoms with Crippen LogP contribution >= 0.6 is 0 Å². The average Bonchev–Trinajstić information content (AvgIpc) is 2.72. The predicted octanol–water partition coefficient (Wildman–Crippen LogP) is 4.93. The second-order valence-corrected chi connectivity index (χ2v) is 9.35. The highest BCUT2D eigenvalue weighted by Gasteiger charge is 2.41. The van der Waals surface area contributed by atoms with E-state index in [4.69, 9.17) is 19.7 Å². The monoisotopic (exact) mass is 412 g/mol. The Morgan fingerprint density at radius 1 is 0.733 bits per heavy atom. The molecule has 0 bridgehead atoms. The molecule has 0 spiro atoms. The Morgan fingerprint density at radius 2 is 1.17 bits per heavy atom. The topological polar surface area (TPSA) is 58.9 Å². The zero-order valence-corrected chi connectivity index (χ0v) is 18.8. The van der Waals surface area contributed by atoms with E-state index in [1.54, 1.807) is 0 Å². The van der Waals surface area contributed by atoms with Gasteiger partial charge in [-0.15, -0.1) is 0 Å². The number of hydrogen-bond acceptors (Lipinski definition) is 4. The minimum atomic E-state index is -0.0317. The average molecular weight is 413 g/mol. The van der Waals surface area contributed by atoms with E-state index in [2.05, 4.69) is 52.0 Å². The maximum atomic E-state index is 9.07. The van der Waals surface area contributed by atoms with Crippen LogP contribution in [0, 0.1) is 19.3 Å². The normalized spacial score (nSPS) is 17.5. The van der Waals surface area contributed by atoms with Crippen molar-refractivity contribution >= 4 is 0 Å². The van der Waals surface area contributed by atoms with Crippen molar-refractivity contribution in [2.45, 2.75) is 58.8 Å². The first-order valence-electron chi connectivity index (χ1n) is 11.0. The minimum absolute atomic E-state index is 0.0180. The molecule has 0 amide bonds. The quantitative estimate of drug-likeness (QED) is 0.645. The smallest absolute Gasteiger partial charge is 0.122 e. The summed E-state index contributed by atoms with van der Waals surface area (Å²) in [5.74, 6) is 1.67. The van der Waals surface area contributed by atoms with Crippen LogP contribution in [0.3, 0.4) is 0 Å². The number of aryl methyl sites for hydroxylation is 2. The van der Waals surface area contributed by atoms with Crippen LogP contribution in [0.25, 0.3) is 0 Å². The van der Waals surface area contributed by atoms with Gasteiger partial charge in [0.15, 0.2) is 0 Å². The molecule has 1 aliphatic carbocycles. The molecule has 2 N–H and O–H groups in total. The minimum Gasteiger partial charge on any atom is -0.491 e. The molecular formula is C26H36O4. The van der Waals surface area contributed by atoms with Crippen molar-refractivity contribution in [1.29, 1.82) is 0 Å². The molecule has 4 nitrogen and oxygen atoms in total. The molecule has 1 fully saturated rings. The van der Waals surface area contributed by atoms with Gasteiger partial charge >= 0.3 is 0 Å². The van der Waals surface area contributed by atoms with E-state index in [1.807, 2.05) is 12.1 Å². The summed E-state index contributed by atoms with van der Waals surface area (Å²) in [7, 11) is 0. The Morgan fingerprint density at radius 3 is 1.53 bits per heavy atom. The van der Waals surface area contributed by atoms with Gasteiger partial charge < -0.3 is 19.7 Å². The molecule has 1 aliphatic rings. The van der Waals surface area contributed by atoms with Crippen LogP contribution in [-0.4, -0.2) is 36.6 Å². The zero-order chi connectivity index (χ0) is 21.8. The summed E-state index contributed by atoms with van der Waals surface area (Å²) in [6.07, 6.45) is 4.56. The predicted molar refractivity (Wildman–Crippen MR) is 121 cm³/mol. The maximum Gasteiger partial charge on any atom is 0.122 e. The molecular weight excluding hydrogens is 376 g/mol. The van der Waals surface area contributed by atoms with Crippen molar-refractivity contribution in [1.82, 2.24) is 0 Å². The largest absolute Gasteiger partial charge is 0.491 e. The van der Waals surface area contributed by atoms with Crippen molar-refractivity contribution in [3.63, 3.8) is 0 Å². The van der Waals surface area contributed by atoms with Gasteiger partial charge in [-0.2, -0.15) is 0 Å². The van der Waals surface area contributed by atoms with Gasteiger partial charge in [-0.25, -0.2) is 0 Å². The first-order chi connectivity index (χ1) is 14.3. The van der Waals surface area contributed by atoms with E-state index in [0.717, 1.165) is 35.5 Å². The van der Waals surface area contributed by atoms with Crippen LogP contribution in [-0.2, 0) is 5.41 Å². The Labute approximate surface area is 180 Å². The lowest BCUT2D eigenvalue weighted by molar-refractivity contribution is 0.184. The highest BCUT2D eigenvalue weighted by Crippen LogP contribution is 2.51. The lowest BCUT2D eigenvalue weighted by Gasteiger charge is -2.45. The highest BCUT2D eigenvalue weighted by atomic mass is 16.5. The molecule has 0 unspecified atom stereocenters. The number of rotatable bonds is 8. The van der Waals surface area contributed by atoms with Crippen molar-refractivity contribution in [3.8, 4) is 11.5 Å². The molecule has 1 saturated carbocycles. The van der Waals surface area contributed by atoms with E-state index in [1.165, 1.54) is 24.0 Å². The lowest BCUT2D eigenvalue weighted by atomic mass is 9.59. The number of ether oxygens (including phenoxy) is 2. The summed E-state index contributed by atoms with van der Waals surface area (Å²) in [6.45, 7) is 9.55. The summed E-state index contributed by atoms with van der Waals surface area (Å²) in [4.78, 5) is 0. The molecule has 0 aromatic heterocycles. The van der Waals surface area contributed by atoms with Gasteiger partial charge in [-0.05, 0) is 79.3 Å². The molecule has 0 aliphatic heterocycles. The summed E-state index contributed by atoms with van der Waals surface area (Å²) in [6, 6.07) is 13.0. The summed E-state index contributed by atoms with van der Waals surface area (Å²) < 4.78 is 11.4. The fourth-order valence-corrected chi connectivity index (χ4v) is 4.63. The van der Waals surface area contributed by atoms with Crippen LogP contribution in [0.5, 0.6) is 11.5 Å². The maximum absolute atomic E-state index is 9.07. The molecule has 0 saturated heterocycles. The summed E-state index contributed by atoms with van der Waals surface area (Å²) in [5.41, 5.74) is 5.19. The van der Waals surface area contributed by atoms with Crippen molar-refractivity contribution in [2.24, 2.45) is 5.41 Å². The summed E-state index contributed by atoms with van der Waals surface area (Å²) in [5, 5.41) is 18.1. The summed E-state index contributed by atoms with van der Waals surface area (Å²) >= 11 is 0. The van der Waals surface area contributed by atoms with Gasteiger partial charge in [-0.3, -0.25) is 0 Å². The van der Waals surface area contributed by atoms with Gasteiger partial charge in [0.1, 0.15) is 24.7 Å². The van der Waals surface area contributed by atoms with E-state index in [0.29, 0.717) is 18.6 Å². The molecule has 2 aromatic rings. The second kappa shape index (κ2) is 9.40. The van der Waals surface area contributed by atoms with Gasteiger partial charge in [0.2, 0.25) is 0 Å². The number of aliphatic hydroxyl groups is 2. The third-order valence-electron chi connectivity index (χ3n) is 6.61. The fraction of sp³-hybridized carbons (Fsp3) is 0.538. The SMILES string of the molecule is Cc1cc(C2(c3ccc(OCCO)c(C)c3)CCC(C)(C)CC2)ccc1OCCO. The highest BCUT2D eigenvalue weighted by molar-refractivity contribution is 5.48. The standard InChI is InChI=1S/C26H36O4/c1-19-17-21(5-7-23(19)29-15-13-27)26(11-9-25(3,4)10-12-26)22-6-8-24(20(2)18-22)30-16-14-28/h5-8,17-18,27-28H,9-16H2,1-4H3. The van der Waals surface area contributed by atoms with E-state index >= 15 is 0 Å². The number of benzene rings is 2. The first-order valence-corrected chi connectivity index (χ1v) is 11.0.